The summed E-state index contributed by atoms with van der Waals surface area (Å²) in [7, 11) is -3.66. The lowest BCUT2D eigenvalue weighted by Gasteiger charge is -2.18. The Morgan fingerprint density at radius 1 is 1.38 bits per heavy atom. The molecule has 1 aromatic heterocycles. The number of rotatable bonds is 5. The molecule has 0 saturated heterocycles. The van der Waals surface area contributed by atoms with Crippen molar-refractivity contribution in [1.29, 1.82) is 0 Å². The van der Waals surface area contributed by atoms with Gasteiger partial charge < -0.3 is 10.3 Å². The number of imidazole rings is 1. The number of nitrogens with zero attached hydrogens (tertiary/aromatic N) is 2. The lowest BCUT2D eigenvalue weighted by atomic mass is 10.1. The summed E-state index contributed by atoms with van der Waals surface area (Å²) in [4.78, 5) is 4.10. The molecule has 1 heterocycles. The summed E-state index contributed by atoms with van der Waals surface area (Å²) in [5.74, 6) is 0. The van der Waals surface area contributed by atoms with Crippen molar-refractivity contribution in [1.82, 2.24) is 14.3 Å². The molecule has 0 aliphatic heterocycles. The molecular formula is C14H20N4O2S. The predicted molar refractivity (Wildman–Crippen MR) is 82.3 cm³/mol. The smallest absolute Gasteiger partial charge is 0.243 e. The van der Waals surface area contributed by atoms with Crippen LogP contribution in [-0.2, 0) is 16.6 Å². The van der Waals surface area contributed by atoms with Crippen molar-refractivity contribution in [2.45, 2.75) is 38.3 Å². The Morgan fingerprint density at radius 2 is 2.10 bits per heavy atom. The van der Waals surface area contributed by atoms with Gasteiger partial charge in [0.05, 0.1) is 12.0 Å². The van der Waals surface area contributed by atoms with Crippen molar-refractivity contribution in [3.63, 3.8) is 0 Å². The van der Waals surface area contributed by atoms with Gasteiger partial charge in [0.1, 0.15) is 4.90 Å². The largest absolute Gasteiger partial charge is 0.398 e. The summed E-state index contributed by atoms with van der Waals surface area (Å²) >= 11 is 0. The molecule has 1 atom stereocenters. The summed E-state index contributed by atoms with van der Waals surface area (Å²) in [6.45, 7) is 5.94. The van der Waals surface area contributed by atoms with Crippen molar-refractivity contribution in [3.05, 3.63) is 42.0 Å². The quantitative estimate of drug-likeness (QED) is 0.818. The van der Waals surface area contributed by atoms with E-state index in [4.69, 9.17) is 5.73 Å². The van der Waals surface area contributed by atoms with Crippen LogP contribution in [0.15, 0.2) is 35.7 Å². The van der Waals surface area contributed by atoms with Gasteiger partial charge in [-0.05, 0) is 38.0 Å². The highest BCUT2D eigenvalue weighted by Crippen LogP contribution is 2.25. The van der Waals surface area contributed by atoms with E-state index in [2.05, 4.69) is 9.71 Å². The average Bonchev–Trinajstić information content (AvgIpc) is 2.85. The Bertz CT molecular complexity index is 724. The minimum absolute atomic E-state index is 0.167. The van der Waals surface area contributed by atoms with Crippen LogP contribution < -0.4 is 10.5 Å². The Morgan fingerprint density at radius 3 is 2.71 bits per heavy atom. The first-order valence-corrected chi connectivity index (χ1v) is 8.13. The Balaban J connectivity index is 2.25. The second kappa shape index (κ2) is 5.87. The third-order valence-electron chi connectivity index (χ3n) is 3.38. The third kappa shape index (κ3) is 3.43. The number of aromatic nitrogens is 2. The number of hydrogen-bond acceptors (Lipinski definition) is 4. The van der Waals surface area contributed by atoms with Crippen molar-refractivity contribution in [2.75, 3.05) is 5.73 Å². The molecule has 7 heteroatoms. The molecule has 2 rings (SSSR count). The van der Waals surface area contributed by atoms with Crippen LogP contribution in [0, 0.1) is 13.8 Å². The molecule has 0 bridgehead atoms. The van der Waals surface area contributed by atoms with E-state index in [0.717, 1.165) is 5.56 Å². The summed E-state index contributed by atoms with van der Waals surface area (Å²) < 4.78 is 29.6. The van der Waals surface area contributed by atoms with E-state index in [9.17, 15) is 8.42 Å². The summed E-state index contributed by atoms with van der Waals surface area (Å²) in [6, 6.07) is 3.17. The first kappa shape index (κ1) is 15.5. The molecule has 1 aromatic carbocycles. The zero-order valence-electron chi connectivity index (χ0n) is 12.4. The molecular weight excluding hydrogens is 288 g/mol. The molecule has 0 amide bonds. The molecule has 0 aliphatic rings. The maximum absolute atomic E-state index is 12.5. The van der Waals surface area contributed by atoms with Crippen molar-refractivity contribution in [2.24, 2.45) is 0 Å². The van der Waals surface area contributed by atoms with Gasteiger partial charge in [-0.1, -0.05) is 6.07 Å². The van der Waals surface area contributed by atoms with Crippen molar-refractivity contribution >= 4 is 15.7 Å². The lowest BCUT2D eigenvalue weighted by Crippen LogP contribution is -2.36. The van der Waals surface area contributed by atoms with Crippen molar-refractivity contribution < 1.29 is 8.42 Å². The van der Waals surface area contributed by atoms with Crippen LogP contribution in [0.5, 0.6) is 0 Å². The van der Waals surface area contributed by atoms with Crippen LogP contribution in [0.25, 0.3) is 0 Å². The molecule has 3 N–H and O–H groups in total. The number of aryl methyl sites for hydroxylation is 1. The average molecular weight is 308 g/mol. The molecule has 0 radical (unpaired) electrons. The first-order valence-electron chi connectivity index (χ1n) is 6.65. The molecule has 6 nitrogen and oxygen atoms in total. The van der Waals surface area contributed by atoms with Gasteiger partial charge >= 0.3 is 0 Å². The zero-order valence-corrected chi connectivity index (χ0v) is 13.2. The predicted octanol–water partition coefficient (Wildman–Crippen LogP) is 1.45. The van der Waals surface area contributed by atoms with Crippen LogP contribution in [0.3, 0.4) is 0 Å². The molecule has 0 aliphatic carbocycles. The van der Waals surface area contributed by atoms with Gasteiger partial charge in [0.25, 0.3) is 0 Å². The normalized spacial score (nSPS) is 13.3. The number of nitrogens with one attached hydrogen (secondary N) is 1. The fourth-order valence-electron chi connectivity index (χ4n) is 2.24. The SMILES string of the molecule is Cc1ccc(N)c(S(=O)(=O)NC(C)Cn2ccnc2)c1C. The van der Waals surface area contributed by atoms with Gasteiger partial charge in [0, 0.05) is 25.0 Å². The van der Waals surface area contributed by atoms with Gasteiger partial charge in [-0.2, -0.15) is 0 Å². The van der Waals surface area contributed by atoms with E-state index in [1.54, 1.807) is 38.6 Å². The summed E-state index contributed by atoms with van der Waals surface area (Å²) in [6.07, 6.45) is 5.10. The van der Waals surface area contributed by atoms with E-state index in [1.165, 1.54) is 0 Å². The highest BCUT2D eigenvalue weighted by molar-refractivity contribution is 7.89. The third-order valence-corrected chi connectivity index (χ3v) is 5.17. The Kier molecular flexibility index (Phi) is 4.34. The minimum atomic E-state index is -3.66. The van der Waals surface area contributed by atoms with Gasteiger partial charge in [0.15, 0.2) is 0 Å². The van der Waals surface area contributed by atoms with E-state index < -0.39 is 10.0 Å². The summed E-state index contributed by atoms with van der Waals surface area (Å²) in [5.41, 5.74) is 7.69. The van der Waals surface area contributed by atoms with Crippen LogP contribution >= 0.6 is 0 Å². The minimum Gasteiger partial charge on any atom is -0.398 e. The monoisotopic (exact) mass is 308 g/mol. The topological polar surface area (TPSA) is 90.0 Å². The van der Waals surface area contributed by atoms with E-state index >= 15 is 0 Å². The van der Waals surface area contributed by atoms with Gasteiger partial charge in [-0.15, -0.1) is 0 Å². The fourth-order valence-corrected chi connectivity index (χ4v) is 3.90. The highest BCUT2D eigenvalue weighted by Gasteiger charge is 2.23. The van der Waals surface area contributed by atoms with Gasteiger partial charge in [-0.3, -0.25) is 0 Å². The maximum Gasteiger partial charge on any atom is 0.243 e. The standard InChI is InChI=1S/C14H20N4O2S/c1-10-4-5-13(15)14(12(10)3)21(19,20)17-11(2)8-18-7-6-16-9-18/h4-7,9,11,17H,8,15H2,1-3H3. The Hall–Kier alpha value is -1.86. The van der Waals surface area contributed by atoms with Crippen LogP contribution in [0.2, 0.25) is 0 Å². The molecule has 0 spiro atoms. The highest BCUT2D eigenvalue weighted by atomic mass is 32.2. The van der Waals surface area contributed by atoms with Gasteiger partial charge in [-0.25, -0.2) is 18.1 Å². The van der Waals surface area contributed by atoms with E-state index in [0.29, 0.717) is 12.1 Å². The molecule has 114 valence electrons. The van der Waals surface area contributed by atoms with Gasteiger partial charge in [0.2, 0.25) is 10.0 Å². The number of anilines is 1. The lowest BCUT2D eigenvalue weighted by molar-refractivity contribution is 0.520. The van der Waals surface area contributed by atoms with Crippen LogP contribution in [-0.4, -0.2) is 24.0 Å². The van der Waals surface area contributed by atoms with E-state index in [-0.39, 0.29) is 16.6 Å². The van der Waals surface area contributed by atoms with Crippen molar-refractivity contribution in [3.8, 4) is 0 Å². The van der Waals surface area contributed by atoms with Crippen LogP contribution in [0.1, 0.15) is 18.1 Å². The Labute approximate surface area is 125 Å². The number of hydrogen-bond donors (Lipinski definition) is 2. The second-order valence-electron chi connectivity index (χ2n) is 5.21. The fraction of sp³-hybridized carbons (Fsp3) is 0.357. The zero-order chi connectivity index (χ0) is 15.6. The second-order valence-corrected chi connectivity index (χ2v) is 6.86. The number of nitrogens with two attached hydrogens (primary N) is 1. The van der Waals surface area contributed by atoms with Crippen LogP contribution in [0.4, 0.5) is 5.69 Å². The molecule has 0 saturated carbocycles. The van der Waals surface area contributed by atoms with E-state index in [1.807, 2.05) is 17.6 Å². The molecule has 21 heavy (non-hydrogen) atoms. The summed E-state index contributed by atoms with van der Waals surface area (Å²) in [5, 5.41) is 0. The number of sulfonamides is 1. The maximum atomic E-state index is 12.5. The number of benzene rings is 1. The number of nitrogen functional groups attached to an aromatic ring is 1. The molecule has 2 aromatic rings. The molecule has 1 unspecified atom stereocenters. The molecule has 0 fully saturated rings. The first-order chi connectivity index (χ1) is 9.81.